The molecule has 78 valence electrons. The van der Waals surface area contributed by atoms with Gasteiger partial charge < -0.3 is 10.4 Å². The predicted octanol–water partition coefficient (Wildman–Crippen LogP) is 1.90. The molecule has 0 aliphatic heterocycles. The lowest BCUT2D eigenvalue weighted by atomic mass is 10.0. The maximum Gasteiger partial charge on any atom is 0.0632 e. The van der Waals surface area contributed by atoms with Gasteiger partial charge in [-0.3, -0.25) is 4.98 Å². The van der Waals surface area contributed by atoms with Crippen LogP contribution in [0.3, 0.4) is 0 Å². The first-order valence-electron chi connectivity index (χ1n) is 4.99. The van der Waals surface area contributed by atoms with Gasteiger partial charge in [-0.2, -0.15) is 0 Å². The maximum absolute atomic E-state index is 9.16. The zero-order chi connectivity index (χ0) is 10.4. The zero-order valence-electron chi connectivity index (χ0n) is 8.77. The van der Waals surface area contributed by atoms with Gasteiger partial charge in [-0.05, 0) is 24.5 Å². The number of pyridine rings is 1. The Kier molecular flexibility index (Phi) is 4.40. The number of rotatable bonds is 5. The van der Waals surface area contributed by atoms with E-state index >= 15 is 0 Å². The summed E-state index contributed by atoms with van der Waals surface area (Å²) in [4.78, 5) is 3.94. The first-order valence-corrected chi connectivity index (χ1v) is 4.99. The van der Waals surface area contributed by atoms with Crippen molar-refractivity contribution >= 4 is 5.69 Å². The molecule has 0 spiro atoms. The first-order chi connectivity index (χ1) is 6.72. The molecule has 3 heteroatoms. The molecule has 0 bridgehead atoms. The second-order valence-corrected chi connectivity index (χ2v) is 3.89. The minimum atomic E-state index is 0.136. The smallest absolute Gasteiger partial charge is 0.0632 e. The van der Waals surface area contributed by atoms with Gasteiger partial charge in [-0.25, -0.2) is 0 Å². The average Bonchev–Trinajstić information content (AvgIpc) is 2.17. The highest BCUT2D eigenvalue weighted by Crippen LogP contribution is 2.11. The van der Waals surface area contributed by atoms with Crippen molar-refractivity contribution in [2.75, 3.05) is 11.9 Å². The summed E-state index contributed by atoms with van der Waals surface area (Å²) in [5, 5.41) is 12.4. The SMILES string of the molecule is CC(C)CC(CO)Nc1ccncc1. The van der Waals surface area contributed by atoms with Crippen molar-refractivity contribution in [1.82, 2.24) is 4.98 Å². The number of nitrogens with zero attached hydrogens (tertiary/aromatic N) is 1. The van der Waals surface area contributed by atoms with E-state index in [2.05, 4.69) is 24.1 Å². The lowest BCUT2D eigenvalue weighted by molar-refractivity contribution is 0.259. The molecule has 1 rings (SSSR count). The molecule has 14 heavy (non-hydrogen) atoms. The minimum absolute atomic E-state index is 0.136. The first kappa shape index (κ1) is 11.0. The molecule has 1 aromatic rings. The normalized spacial score (nSPS) is 12.9. The molecule has 0 aliphatic carbocycles. The van der Waals surface area contributed by atoms with Crippen LogP contribution < -0.4 is 5.32 Å². The van der Waals surface area contributed by atoms with E-state index in [9.17, 15) is 0 Å². The molecule has 1 atom stereocenters. The summed E-state index contributed by atoms with van der Waals surface area (Å²) in [6.45, 7) is 4.47. The summed E-state index contributed by atoms with van der Waals surface area (Å²) in [5.74, 6) is 0.585. The van der Waals surface area contributed by atoms with E-state index in [1.165, 1.54) is 0 Å². The summed E-state index contributed by atoms with van der Waals surface area (Å²) in [5.41, 5.74) is 1.01. The molecule has 0 amide bonds. The van der Waals surface area contributed by atoms with E-state index in [0.29, 0.717) is 5.92 Å². The van der Waals surface area contributed by atoms with Crippen LogP contribution in [0.5, 0.6) is 0 Å². The van der Waals surface area contributed by atoms with Crippen molar-refractivity contribution in [2.45, 2.75) is 26.3 Å². The van der Waals surface area contributed by atoms with E-state index in [0.717, 1.165) is 12.1 Å². The van der Waals surface area contributed by atoms with Crippen LogP contribution in [0.25, 0.3) is 0 Å². The summed E-state index contributed by atoms with van der Waals surface area (Å²) < 4.78 is 0. The molecule has 0 fully saturated rings. The Hall–Kier alpha value is -1.09. The van der Waals surface area contributed by atoms with Crippen molar-refractivity contribution in [2.24, 2.45) is 5.92 Å². The van der Waals surface area contributed by atoms with Gasteiger partial charge in [0.05, 0.1) is 6.61 Å². The molecule has 0 saturated heterocycles. The van der Waals surface area contributed by atoms with Crippen molar-refractivity contribution in [3.05, 3.63) is 24.5 Å². The average molecular weight is 194 g/mol. The van der Waals surface area contributed by atoms with Crippen LogP contribution in [0, 0.1) is 5.92 Å². The third-order valence-electron chi connectivity index (χ3n) is 2.03. The van der Waals surface area contributed by atoms with Gasteiger partial charge in [0, 0.05) is 24.1 Å². The Balaban J connectivity index is 2.48. The fourth-order valence-electron chi connectivity index (χ4n) is 1.43. The maximum atomic E-state index is 9.16. The van der Waals surface area contributed by atoms with Gasteiger partial charge in [0.25, 0.3) is 0 Å². The van der Waals surface area contributed by atoms with Gasteiger partial charge in [-0.1, -0.05) is 13.8 Å². The summed E-state index contributed by atoms with van der Waals surface area (Å²) in [6.07, 6.45) is 4.46. The second-order valence-electron chi connectivity index (χ2n) is 3.89. The van der Waals surface area contributed by atoms with Crippen molar-refractivity contribution in [3.63, 3.8) is 0 Å². The molecule has 0 aromatic carbocycles. The molecule has 0 saturated carbocycles. The highest BCUT2D eigenvalue weighted by Gasteiger charge is 2.08. The Morgan fingerprint density at radius 3 is 2.50 bits per heavy atom. The van der Waals surface area contributed by atoms with Gasteiger partial charge in [0.15, 0.2) is 0 Å². The van der Waals surface area contributed by atoms with Crippen LogP contribution >= 0.6 is 0 Å². The molecule has 0 radical (unpaired) electrons. The highest BCUT2D eigenvalue weighted by atomic mass is 16.3. The lowest BCUT2D eigenvalue weighted by Gasteiger charge is -2.19. The molecule has 1 aromatic heterocycles. The van der Waals surface area contributed by atoms with Crippen LogP contribution in [0.2, 0.25) is 0 Å². The standard InChI is InChI=1S/C11H18N2O/c1-9(2)7-11(8-14)13-10-3-5-12-6-4-10/h3-6,9,11,14H,7-8H2,1-2H3,(H,12,13). The van der Waals surface area contributed by atoms with Crippen molar-refractivity contribution in [1.29, 1.82) is 0 Å². The number of aliphatic hydroxyl groups excluding tert-OH is 1. The van der Waals surface area contributed by atoms with Gasteiger partial charge in [-0.15, -0.1) is 0 Å². The molecular formula is C11H18N2O. The topological polar surface area (TPSA) is 45.1 Å². The molecule has 1 heterocycles. The van der Waals surface area contributed by atoms with E-state index in [4.69, 9.17) is 5.11 Å². The van der Waals surface area contributed by atoms with Crippen molar-refractivity contribution in [3.8, 4) is 0 Å². The Labute approximate surface area is 85.2 Å². The number of aromatic nitrogens is 1. The highest BCUT2D eigenvalue weighted by molar-refractivity contribution is 5.41. The Morgan fingerprint density at radius 2 is 2.00 bits per heavy atom. The monoisotopic (exact) mass is 194 g/mol. The number of hydrogen-bond acceptors (Lipinski definition) is 3. The predicted molar refractivity (Wildman–Crippen MR) is 58.2 cm³/mol. The van der Waals surface area contributed by atoms with Crippen LogP contribution in [0.1, 0.15) is 20.3 Å². The second kappa shape index (κ2) is 5.60. The minimum Gasteiger partial charge on any atom is -0.394 e. The van der Waals surface area contributed by atoms with E-state index in [-0.39, 0.29) is 12.6 Å². The quantitative estimate of drug-likeness (QED) is 0.752. The molecular weight excluding hydrogens is 176 g/mol. The zero-order valence-corrected chi connectivity index (χ0v) is 8.77. The summed E-state index contributed by atoms with van der Waals surface area (Å²) in [6, 6.07) is 3.95. The number of aliphatic hydroxyl groups is 1. The molecule has 2 N–H and O–H groups in total. The van der Waals surface area contributed by atoms with Crippen LogP contribution in [0.4, 0.5) is 5.69 Å². The molecule has 3 nitrogen and oxygen atoms in total. The third kappa shape index (κ3) is 3.75. The van der Waals surface area contributed by atoms with Crippen LogP contribution in [-0.2, 0) is 0 Å². The molecule has 1 unspecified atom stereocenters. The van der Waals surface area contributed by atoms with Crippen LogP contribution in [-0.4, -0.2) is 22.7 Å². The number of nitrogens with one attached hydrogen (secondary N) is 1. The Bertz CT molecular complexity index is 249. The lowest BCUT2D eigenvalue weighted by Crippen LogP contribution is -2.25. The largest absolute Gasteiger partial charge is 0.394 e. The third-order valence-corrected chi connectivity index (χ3v) is 2.03. The van der Waals surface area contributed by atoms with E-state index < -0.39 is 0 Å². The fraction of sp³-hybridized carbons (Fsp3) is 0.545. The van der Waals surface area contributed by atoms with Gasteiger partial charge >= 0.3 is 0 Å². The number of anilines is 1. The van der Waals surface area contributed by atoms with Gasteiger partial charge in [0.2, 0.25) is 0 Å². The van der Waals surface area contributed by atoms with Crippen molar-refractivity contribution < 1.29 is 5.11 Å². The summed E-state index contributed by atoms with van der Waals surface area (Å²) in [7, 11) is 0. The summed E-state index contributed by atoms with van der Waals surface area (Å²) >= 11 is 0. The fourth-order valence-corrected chi connectivity index (χ4v) is 1.43. The van der Waals surface area contributed by atoms with Gasteiger partial charge in [0.1, 0.15) is 0 Å². The van der Waals surface area contributed by atoms with E-state index in [1.54, 1.807) is 12.4 Å². The van der Waals surface area contributed by atoms with E-state index in [1.807, 2.05) is 12.1 Å². The molecule has 0 aliphatic rings. The Morgan fingerprint density at radius 1 is 1.36 bits per heavy atom. The number of hydrogen-bond donors (Lipinski definition) is 2. The van der Waals surface area contributed by atoms with Crippen LogP contribution in [0.15, 0.2) is 24.5 Å².